The summed E-state index contributed by atoms with van der Waals surface area (Å²) in [6.07, 6.45) is 6.10. The summed E-state index contributed by atoms with van der Waals surface area (Å²) in [4.78, 5) is 25.9. The molecular formula is C22H21ClN6O4S. The molecule has 4 rings (SSSR count). The number of piperazine rings is 1. The maximum absolute atomic E-state index is 12.7. The van der Waals surface area contributed by atoms with E-state index in [1.54, 1.807) is 36.7 Å². The number of carbonyl (C=O) groups excluding carboxylic acids is 1. The molecule has 1 aliphatic rings. The number of primary amides is 1. The number of rotatable bonds is 6. The molecule has 1 saturated heterocycles. The molecule has 10 nitrogen and oxygen atoms in total. The largest absolute Gasteiger partial charge is 0.507 e. The second-order valence-corrected chi connectivity index (χ2v) is 9.76. The van der Waals surface area contributed by atoms with E-state index in [0.717, 1.165) is 5.41 Å². The molecule has 0 unspecified atom stereocenters. The van der Waals surface area contributed by atoms with Crippen LogP contribution in [0.1, 0.15) is 16.1 Å². The lowest BCUT2D eigenvalue weighted by Gasteiger charge is -2.33. The zero-order valence-corrected chi connectivity index (χ0v) is 19.4. The fourth-order valence-electron chi connectivity index (χ4n) is 3.42. The maximum atomic E-state index is 12.7. The zero-order chi connectivity index (χ0) is 24.3. The van der Waals surface area contributed by atoms with Crippen molar-refractivity contribution in [2.45, 2.75) is 0 Å². The lowest BCUT2D eigenvalue weighted by atomic mass is 10.1. The fourth-order valence-corrected chi connectivity index (χ4v) is 4.75. The Hall–Kier alpha value is -3.54. The summed E-state index contributed by atoms with van der Waals surface area (Å²) in [6.45, 7) is 1.35. The number of aromatic nitrogens is 3. The van der Waals surface area contributed by atoms with E-state index in [1.165, 1.54) is 22.6 Å². The van der Waals surface area contributed by atoms with Crippen molar-refractivity contribution in [1.29, 1.82) is 0 Å². The van der Waals surface area contributed by atoms with Gasteiger partial charge in [-0.25, -0.2) is 18.4 Å². The van der Waals surface area contributed by atoms with Crippen LogP contribution in [0.25, 0.3) is 17.2 Å². The molecule has 1 amide bonds. The van der Waals surface area contributed by atoms with Crippen LogP contribution in [0, 0.1) is 0 Å². The number of carbonyl (C=O) groups is 1. The number of sulfonamides is 1. The molecule has 2 aromatic heterocycles. The minimum absolute atomic E-state index is 0.0954. The normalized spacial score (nSPS) is 15.0. The molecule has 12 heteroatoms. The van der Waals surface area contributed by atoms with E-state index < -0.39 is 15.9 Å². The number of nitrogens with zero attached hydrogens (tertiary/aromatic N) is 5. The molecule has 1 aliphatic heterocycles. The number of amides is 1. The van der Waals surface area contributed by atoms with Crippen molar-refractivity contribution >= 4 is 39.6 Å². The van der Waals surface area contributed by atoms with Crippen LogP contribution < -0.4 is 10.6 Å². The molecule has 0 saturated carbocycles. The van der Waals surface area contributed by atoms with Gasteiger partial charge in [-0.2, -0.15) is 4.31 Å². The number of nitrogens with two attached hydrogens (primary N) is 1. The Balaban J connectivity index is 1.40. The van der Waals surface area contributed by atoms with Crippen molar-refractivity contribution in [2.24, 2.45) is 5.73 Å². The van der Waals surface area contributed by atoms with Gasteiger partial charge >= 0.3 is 0 Å². The maximum Gasteiger partial charge on any atom is 0.267 e. The van der Waals surface area contributed by atoms with Crippen molar-refractivity contribution in [3.8, 4) is 16.9 Å². The van der Waals surface area contributed by atoms with E-state index in [0.29, 0.717) is 40.8 Å². The Morgan fingerprint density at radius 2 is 1.74 bits per heavy atom. The summed E-state index contributed by atoms with van der Waals surface area (Å²) in [5.74, 6) is -0.236. The summed E-state index contributed by atoms with van der Waals surface area (Å²) >= 11 is 5.81. The number of benzene rings is 1. The van der Waals surface area contributed by atoms with E-state index in [2.05, 4.69) is 15.0 Å². The number of anilines is 1. The van der Waals surface area contributed by atoms with Crippen molar-refractivity contribution in [3.05, 3.63) is 70.6 Å². The zero-order valence-electron chi connectivity index (χ0n) is 17.9. The van der Waals surface area contributed by atoms with Crippen LogP contribution in [0.4, 0.5) is 5.95 Å². The van der Waals surface area contributed by atoms with Gasteiger partial charge in [-0.3, -0.25) is 9.78 Å². The predicted octanol–water partition coefficient (Wildman–Crippen LogP) is 2.12. The van der Waals surface area contributed by atoms with Crippen molar-refractivity contribution in [2.75, 3.05) is 31.1 Å². The first kappa shape index (κ1) is 23.6. The molecule has 176 valence electrons. The second-order valence-electron chi connectivity index (χ2n) is 7.50. The number of halogens is 1. The van der Waals surface area contributed by atoms with Gasteiger partial charge in [-0.05, 0) is 42.0 Å². The van der Waals surface area contributed by atoms with Crippen LogP contribution in [0.2, 0.25) is 5.02 Å². The summed E-state index contributed by atoms with van der Waals surface area (Å²) in [5, 5.41) is 11.3. The fraction of sp³-hybridized carbons (Fsp3) is 0.182. The van der Waals surface area contributed by atoms with Crippen LogP contribution in [-0.4, -0.2) is 64.9 Å². The third-order valence-corrected chi connectivity index (χ3v) is 7.08. The van der Waals surface area contributed by atoms with Gasteiger partial charge < -0.3 is 15.7 Å². The first-order valence-electron chi connectivity index (χ1n) is 10.2. The Morgan fingerprint density at radius 3 is 2.38 bits per heavy atom. The van der Waals surface area contributed by atoms with E-state index in [9.17, 15) is 18.3 Å². The highest BCUT2D eigenvalue weighted by Gasteiger charge is 2.26. The van der Waals surface area contributed by atoms with Gasteiger partial charge in [0.2, 0.25) is 16.0 Å². The number of phenolic OH excluding ortho intramolecular Hbond substituents is 1. The predicted molar refractivity (Wildman–Crippen MR) is 129 cm³/mol. The third-order valence-electron chi connectivity index (χ3n) is 5.28. The van der Waals surface area contributed by atoms with Gasteiger partial charge in [-0.1, -0.05) is 11.6 Å². The van der Waals surface area contributed by atoms with E-state index in [-0.39, 0.29) is 24.5 Å². The molecule has 1 aromatic carbocycles. The lowest BCUT2D eigenvalue weighted by molar-refractivity contribution is 0.0995. The second kappa shape index (κ2) is 9.75. The number of hydrogen-bond acceptors (Lipinski definition) is 8. The highest BCUT2D eigenvalue weighted by molar-refractivity contribution is 7.92. The molecule has 3 N–H and O–H groups in total. The Labute approximate surface area is 201 Å². The molecule has 3 heterocycles. The first-order chi connectivity index (χ1) is 16.2. The Kier molecular flexibility index (Phi) is 6.77. The van der Waals surface area contributed by atoms with Gasteiger partial charge in [0.25, 0.3) is 5.91 Å². The standard InChI is InChI=1S/C22H21ClN6O4S/c23-18-2-1-15(20(30)12-18)4-10-34(32,33)29-8-6-28(7-9-29)22-26-13-17(14-27-22)16-3-5-25-19(11-16)21(24)31/h1-5,10-14,30H,6-9H2,(H2,24,31)/b10-4+. The van der Waals surface area contributed by atoms with Gasteiger partial charge in [0.1, 0.15) is 11.4 Å². The highest BCUT2D eigenvalue weighted by Crippen LogP contribution is 2.24. The molecule has 0 atom stereocenters. The number of aromatic hydroxyl groups is 1. The van der Waals surface area contributed by atoms with Gasteiger partial charge in [0, 0.05) is 66.3 Å². The summed E-state index contributed by atoms with van der Waals surface area (Å²) < 4.78 is 26.8. The number of phenols is 1. The quantitative estimate of drug-likeness (QED) is 0.524. The number of hydrogen-bond donors (Lipinski definition) is 2. The van der Waals surface area contributed by atoms with Gasteiger partial charge in [0.15, 0.2) is 0 Å². The third kappa shape index (κ3) is 5.33. The van der Waals surface area contributed by atoms with Crippen LogP contribution >= 0.6 is 11.6 Å². The van der Waals surface area contributed by atoms with E-state index >= 15 is 0 Å². The summed E-state index contributed by atoms with van der Waals surface area (Å²) in [5.41, 5.74) is 7.20. The van der Waals surface area contributed by atoms with Crippen molar-refractivity contribution in [1.82, 2.24) is 19.3 Å². The van der Waals surface area contributed by atoms with Crippen molar-refractivity contribution in [3.63, 3.8) is 0 Å². The first-order valence-corrected chi connectivity index (χ1v) is 12.1. The Morgan fingerprint density at radius 1 is 1.03 bits per heavy atom. The van der Waals surface area contributed by atoms with Gasteiger partial charge in [0.05, 0.1) is 0 Å². The lowest BCUT2D eigenvalue weighted by Crippen LogP contribution is -2.48. The summed E-state index contributed by atoms with van der Waals surface area (Å²) in [6, 6.07) is 7.77. The van der Waals surface area contributed by atoms with E-state index in [4.69, 9.17) is 17.3 Å². The topological polar surface area (TPSA) is 143 Å². The van der Waals surface area contributed by atoms with Crippen LogP contribution in [-0.2, 0) is 10.0 Å². The molecule has 1 fully saturated rings. The van der Waals surface area contributed by atoms with Crippen LogP contribution in [0.15, 0.2) is 54.3 Å². The SMILES string of the molecule is NC(=O)c1cc(-c2cnc(N3CCN(S(=O)(=O)/C=C/c4ccc(Cl)cc4O)CC3)nc2)ccn1. The molecule has 0 radical (unpaired) electrons. The molecule has 34 heavy (non-hydrogen) atoms. The monoisotopic (exact) mass is 500 g/mol. The van der Waals surface area contributed by atoms with Crippen LogP contribution in [0.5, 0.6) is 5.75 Å². The smallest absolute Gasteiger partial charge is 0.267 e. The van der Waals surface area contributed by atoms with Gasteiger partial charge in [-0.15, -0.1) is 0 Å². The molecule has 0 aliphatic carbocycles. The van der Waals surface area contributed by atoms with Crippen molar-refractivity contribution < 1.29 is 18.3 Å². The minimum atomic E-state index is -3.67. The summed E-state index contributed by atoms with van der Waals surface area (Å²) in [7, 11) is -3.67. The van der Waals surface area contributed by atoms with E-state index in [1.807, 2.05) is 4.90 Å². The average Bonchev–Trinajstić information content (AvgIpc) is 2.84. The molecule has 0 bridgehead atoms. The number of pyridine rings is 1. The molecular weight excluding hydrogens is 480 g/mol. The average molecular weight is 501 g/mol. The molecule has 3 aromatic rings. The highest BCUT2D eigenvalue weighted by atomic mass is 35.5. The van der Waals surface area contributed by atoms with Crippen LogP contribution in [0.3, 0.4) is 0 Å². The Bertz CT molecular complexity index is 1340. The minimum Gasteiger partial charge on any atom is -0.507 e. The molecule has 0 spiro atoms.